The number of hydrogen-bond acceptors (Lipinski definition) is 2. The summed E-state index contributed by atoms with van der Waals surface area (Å²) >= 11 is 0.532. The number of amidine groups is 1. The number of thioether (sulfide) groups is 1. The second-order valence-electron chi connectivity index (χ2n) is 4.46. The van der Waals surface area contributed by atoms with Gasteiger partial charge >= 0.3 is 0 Å². The monoisotopic (exact) mass is 290 g/mol. The summed E-state index contributed by atoms with van der Waals surface area (Å²) in [4.78, 5) is 2.41. The molecule has 0 saturated carbocycles. The van der Waals surface area contributed by atoms with Gasteiger partial charge in [-0.05, 0) is 29.8 Å². The molecule has 0 amide bonds. The predicted molar refractivity (Wildman–Crippen MR) is 77.8 cm³/mol. The highest BCUT2D eigenvalue weighted by Gasteiger charge is 2.24. The SMILES string of the molecule is N=C1c2ccccc2CN1c1ccc(SC(F)F)cc1. The predicted octanol–water partition coefficient (Wildman–Crippen LogP) is 4.35. The zero-order valence-electron chi connectivity index (χ0n) is 10.5. The van der Waals surface area contributed by atoms with Crippen LogP contribution in [-0.4, -0.2) is 11.6 Å². The fourth-order valence-corrected chi connectivity index (χ4v) is 2.81. The molecule has 0 bridgehead atoms. The van der Waals surface area contributed by atoms with Crippen LogP contribution >= 0.6 is 11.8 Å². The number of halogens is 2. The van der Waals surface area contributed by atoms with E-state index in [1.54, 1.807) is 24.3 Å². The van der Waals surface area contributed by atoms with Crippen LogP contribution in [0.5, 0.6) is 0 Å². The third-order valence-electron chi connectivity index (χ3n) is 3.24. The third-order valence-corrected chi connectivity index (χ3v) is 3.97. The van der Waals surface area contributed by atoms with Gasteiger partial charge in [0.15, 0.2) is 0 Å². The van der Waals surface area contributed by atoms with E-state index in [1.165, 1.54) is 0 Å². The molecule has 0 saturated heterocycles. The normalized spacial score (nSPS) is 13.9. The maximum absolute atomic E-state index is 12.3. The van der Waals surface area contributed by atoms with Crippen LogP contribution < -0.4 is 4.90 Å². The highest BCUT2D eigenvalue weighted by Crippen LogP contribution is 2.31. The second-order valence-corrected chi connectivity index (χ2v) is 5.53. The Bertz CT molecular complexity index is 641. The fourth-order valence-electron chi connectivity index (χ4n) is 2.31. The van der Waals surface area contributed by atoms with E-state index in [-0.39, 0.29) is 0 Å². The number of hydrogen-bond donors (Lipinski definition) is 1. The van der Waals surface area contributed by atoms with Gasteiger partial charge in [0, 0.05) is 16.1 Å². The molecule has 0 aromatic heterocycles. The van der Waals surface area contributed by atoms with Gasteiger partial charge in [0.1, 0.15) is 5.84 Å². The largest absolute Gasteiger partial charge is 0.322 e. The molecule has 1 aliphatic rings. The molecule has 20 heavy (non-hydrogen) atoms. The number of nitrogens with zero attached hydrogens (tertiary/aromatic N) is 1. The van der Waals surface area contributed by atoms with Gasteiger partial charge in [0.05, 0.1) is 6.54 Å². The molecule has 2 aromatic rings. The van der Waals surface area contributed by atoms with Crippen molar-refractivity contribution in [2.24, 2.45) is 0 Å². The summed E-state index contributed by atoms with van der Waals surface area (Å²) in [6.07, 6.45) is 0. The van der Waals surface area contributed by atoms with Gasteiger partial charge in [0.25, 0.3) is 5.76 Å². The number of nitrogens with one attached hydrogen (secondary N) is 1. The number of rotatable bonds is 3. The highest BCUT2D eigenvalue weighted by molar-refractivity contribution is 7.99. The van der Waals surface area contributed by atoms with Crippen LogP contribution in [0.2, 0.25) is 0 Å². The summed E-state index contributed by atoms with van der Waals surface area (Å²) in [5.74, 6) is -1.95. The average Bonchev–Trinajstić information content (AvgIpc) is 2.77. The molecule has 1 heterocycles. The van der Waals surface area contributed by atoms with Crippen LogP contribution in [0, 0.1) is 5.41 Å². The lowest BCUT2D eigenvalue weighted by molar-refractivity contribution is 0.252. The molecule has 5 heteroatoms. The summed E-state index contributed by atoms with van der Waals surface area (Å²) in [6.45, 7) is 0.649. The van der Waals surface area contributed by atoms with Crippen LogP contribution in [0.1, 0.15) is 11.1 Å². The first-order chi connectivity index (χ1) is 9.65. The molecule has 0 radical (unpaired) electrons. The fraction of sp³-hybridized carbons (Fsp3) is 0.133. The Morgan fingerprint density at radius 2 is 1.75 bits per heavy atom. The van der Waals surface area contributed by atoms with Crippen LogP contribution in [-0.2, 0) is 6.54 Å². The van der Waals surface area contributed by atoms with Crippen molar-refractivity contribution in [1.82, 2.24) is 0 Å². The van der Waals surface area contributed by atoms with Gasteiger partial charge < -0.3 is 4.90 Å². The summed E-state index contributed by atoms with van der Waals surface area (Å²) in [7, 11) is 0. The minimum atomic E-state index is -2.41. The number of alkyl halides is 2. The summed E-state index contributed by atoms with van der Waals surface area (Å²) < 4.78 is 24.6. The van der Waals surface area contributed by atoms with Crippen LogP contribution in [0.15, 0.2) is 53.4 Å². The minimum absolute atomic E-state index is 0.454. The van der Waals surface area contributed by atoms with Crippen molar-refractivity contribution in [1.29, 1.82) is 5.41 Å². The molecular weight excluding hydrogens is 278 g/mol. The Kier molecular flexibility index (Phi) is 3.44. The topological polar surface area (TPSA) is 27.1 Å². The Labute approximate surface area is 119 Å². The van der Waals surface area contributed by atoms with E-state index in [0.717, 1.165) is 16.8 Å². The molecule has 0 unspecified atom stereocenters. The molecule has 2 aromatic carbocycles. The molecular formula is C15H12F2N2S. The van der Waals surface area contributed by atoms with Crippen molar-refractivity contribution in [2.45, 2.75) is 17.2 Å². The molecule has 102 valence electrons. The number of fused-ring (bicyclic) bond motifs is 1. The molecule has 3 rings (SSSR count). The van der Waals surface area contributed by atoms with Gasteiger partial charge in [-0.25, -0.2) is 0 Å². The minimum Gasteiger partial charge on any atom is -0.322 e. The molecule has 0 aliphatic carbocycles. The van der Waals surface area contributed by atoms with Crippen LogP contribution in [0.25, 0.3) is 0 Å². The van der Waals surface area contributed by atoms with E-state index in [1.807, 2.05) is 29.2 Å². The standard InChI is InChI=1S/C15H12F2N2S/c16-15(17)20-12-7-5-11(6-8-12)19-9-10-3-1-2-4-13(10)14(19)18/h1-8,15,18H,9H2. The Balaban J connectivity index is 1.83. The van der Waals surface area contributed by atoms with E-state index in [0.29, 0.717) is 29.0 Å². The molecule has 1 aliphatic heterocycles. The Morgan fingerprint density at radius 3 is 2.40 bits per heavy atom. The Morgan fingerprint density at radius 1 is 1.05 bits per heavy atom. The maximum Gasteiger partial charge on any atom is 0.288 e. The van der Waals surface area contributed by atoms with E-state index in [2.05, 4.69) is 0 Å². The van der Waals surface area contributed by atoms with Crippen LogP contribution in [0.4, 0.5) is 14.5 Å². The van der Waals surface area contributed by atoms with E-state index in [4.69, 9.17) is 5.41 Å². The first kappa shape index (κ1) is 13.1. The van der Waals surface area contributed by atoms with Crippen molar-refractivity contribution in [3.63, 3.8) is 0 Å². The van der Waals surface area contributed by atoms with E-state index in [9.17, 15) is 8.78 Å². The third kappa shape index (κ3) is 2.41. The van der Waals surface area contributed by atoms with Gasteiger partial charge in [-0.3, -0.25) is 5.41 Å². The zero-order valence-corrected chi connectivity index (χ0v) is 11.3. The highest BCUT2D eigenvalue weighted by atomic mass is 32.2. The Hall–Kier alpha value is -1.88. The molecule has 2 nitrogen and oxygen atoms in total. The number of benzene rings is 2. The lowest BCUT2D eigenvalue weighted by Gasteiger charge is -2.18. The van der Waals surface area contributed by atoms with Gasteiger partial charge in [-0.2, -0.15) is 8.78 Å². The summed E-state index contributed by atoms with van der Waals surface area (Å²) in [5, 5.41) is 8.19. The summed E-state index contributed by atoms with van der Waals surface area (Å²) in [5.41, 5.74) is 2.90. The molecule has 1 N–H and O–H groups in total. The average molecular weight is 290 g/mol. The summed E-state index contributed by atoms with van der Waals surface area (Å²) in [6, 6.07) is 14.7. The van der Waals surface area contributed by atoms with E-state index >= 15 is 0 Å². The number of anilines is 1. The van der Waals surface area contributed by atoms with Gasteiger partial charge in [-0.1, -0.05) is 36.0 Å². The van der Waals surface area contributed by atoms with Crippen molar-refractivity contribution >= 4 is 23.3 Å². The lowest BCUT2D eigenvalue weighted by Crippen LogP contribution is -2.22. The smallest absolute Gasteiger partial charge is 0.288 e. The van der Waals surface area contributed by atoms with Crippen LogP contribution in [0.3, 0.4) is 0 Å². The van der Waals surface area contributed by atoms with Crippen molar-refractivity contribution in [3.05, 3.63) is 59.7 Å². The first-order valence-corrected chi connectivity index (χ1v) is 7.02. The van der Waals surface area contributed by atoms with Gasteiger partial charge in [-0.15, -0.1) is 0 Å². The molecule has 0 atom stereocenters. The second kappa shape index (κ2) is 5.25. The zero-order chi connectivity index (χ0) is 14.1. The molecule has 0 fully saturated rings. The van der Waals surface area contributed by atoms with Gasteiger partial charge in [0.2, 0.25) is 0 Å². The van der Waals surface area contributed by atoms with Crippen molar-refractivity contribution in [3.8, 4) is 0 Å². The lowest BCUT2D eigenvalue weighted by atomic mass is 10.1. The molecule has 0 spiro atoms. The first-order valence-electron chi connectivity index (χ1n) is 6.14. The van der Waals surface area contributed by atoms with E-state index < -0.39 is 5.76 Å². The van der Waals surface area contributed by atoms with Crippen molar-refractivity contribution < 1.29 is 8.78 Å². The van der Waals surface area contributed by atoms with Crippen molar-refractivity contribution in [2.75, 3.05) is 4.90 Å². The maximum atomic E-state index is 12.3. The quantitative estimate of drug-likeness (QED) is 0.851.